The first kappa shape index (κ1) is 15.2. The summed E-state index contributed by atoms with van der Waals surface area (Å²) in [7, 11) is 0. The Bertz CT molecular complexity index is 618. The molecule has 2 aromatic rings. The Morgan fingerprint density at radius 1 is 1.13 bits per heavy atom. The number of nitrogens with one attached hydrogen (secondary N) is 1. The standard InChI is InChI=1S/C19H27N3O/c23-19(10-4-1-5-11-19)14-22-12-8-15(9-13-22)18-20-16-6-2-3-7-17(16)21-18/h2-3,6-7,15,23H,1,4-5,8-14H2,(H,20,21). The van der Waals surface area contributed by atoms with E-state index in [2.05, 4.69) is 28.1 Å². The minimum absolute atomic E-state index is 0.426. The zero-order valence-electron chi connectivity index (χ0n) is 13.8. The van der Waals surface area contributed by atoms with Gasteiger partial charge in [0.05, 0.1) is 16.6 Å². The van der Waals surface area contributed by atoms with Crippen LogP contribution in [0, 0.1) is 0 Å². The van der Waals surface area contributed by atoms with Crippen LogP contribution in [0.3, 0.4) is 0 Å². The van der Waals surface area contributed by atoms with Crippen molar-refractivity contribution in [1.82, 2.24) is 14.9 Å². The first-order chi connectivity index (χ1) is 11.2. The number of nitrogens with zero attached hydrogens (tertiary/aromatic N) is 2. The molecule has 1 saturated carbocycles. The van der Waals surface area contributed by atoms with Gasteiger partial charge in [-0.05, 0) is 50.9 Å². The van der Waals surface area contributed by atoms with Crippen molar-refractivity contribution in [3.63, 3.8) is 0 Å². The van der Waals surface area contributed by atoms with E-state index < -0.39 is 5.60 Å². The number of piperidine rings is 1. The Hall–Kier alpha value is -1.39. The van der Waals surface area contributed by atoms with Gasteiger partial charge in [-0.3, -0.25) is 0 Å². The molecule has 1 saturated heterocycles. The molecule has 0 spiro atoms. The van der Waals surface area contributed by atoms with Gasteiger partial charge in [0.1, 0.15) is 5.82 Å². The molecule has 4 rings (SSSR count). The number of hydrogen-bond donors (Lipinski definition) is 2. The van der Waals surface area contributed by atoms with Crippen molar-refractivity contribution < 1.29 is 5.11 Å². The van der Waals surface area contributed by atoms with Crippen molar-refractivity contribution in [3.05, 3.63) is 30.1 Å². The predicted octanol–water partition coefficient (Wildman–Crippen LogP) is 3.44. The summed E-state index contributed by atoms with van der Waals surface area (Å²) in [5, 5.41) is 10.7. The second-order valence-corrected chi connectivity index (χ2v) is 7.47. The number of hydrogen-bond acceptors (Lipinski definition) is 3. The highest BCUT2D eigenvalue weighted by molar-refractivity contribution is 5.74. The molecule has 2 heterocycles. The summed E-state index contributed by atoms with van der Waals surface area (Å²) in [5.41, 5.74) is 1.78. The molecule has 1 aromatic carbocycles. The van der Waals surface area contributed by atoms with E-state index in [-0.39, 0.29) is 0 Å². The summed E-state index contributed by atoms with van der Waals surface area (Å²) < 4.78 is 0. The van der Waals surface area contributed by atoms with Crippen molar-refractivity contribution in [2.45, 2.75) is 56.5 Å². The highest BCUT2D eigenvalue weighted by Gasteiger charge is 2.33. The molecule has 2 aliphatic rings. The summed E-state index contributed by atoms with van der Waals surface area (Å²) >= 11 is 0. The molecule has 0 amide bonds. The molecule has 124 valence electrons. The molecule has 0 unspecified atom stereocenters. The van der Waals surface area contributed by atoms with Gasteiger partial charge in [-0.15, -0.1) is 0 Å². The second-order valence-electron chi connectivity index (χ2n) is 7.47. The van der Waals surface area contributed by atoms with E-state index in [0.29, 0.717) is 5.92 Å². The van der Waals surface area contributed by atoms with Crippen LogP contribution in [0.25, 0.3) is 11.0 Å². The van der Waals surface area contributed by atoms with Crippen molar-refractivity contribution in [3.8, 4) is 0 Å². The number of imidazole rings is 1. The number of benzene rings is 1. The summed E-state index contributed by atoms with van der Waals surface area (Å²) in [5.74, 6) is 1.67. The van der Waals surface area contributed by atoms with Crippen molar-refractivity contribution in [1.29, 1.82) is 0 Å². The zero-order valence-corrected chi connectivity index (χ0v) is 13.8. The van der Waals surface area contributed by atoms with Gasteiger partial charge in [-0.1, -0.05) is 31.4 Å². The van der Waals surface area contributed by atoms with Gasteiger partial charge in [0.15, 0.2) is 0 Å². The zero-order chi connectivity index (χ0) is 15.7. The Labute approximate surface area is 137 Å². The monoisotopic (exact) mass is 313 g/mol. The lowest BCUT2D eigenvalue weighted by Gasteiger charge is -2.39. The van der Waals surface area contributed by atoms with Crippen LogP contribution < -0.4 is 0 Å². The molecule has 1 aromatic heterocycles. The maximum Gasteiger partial charge on any atom is 0.110 e. The van der Waals surface area contributed by atoms with Crippen LogP contribution in [0.4, 0.5) is 0 Å². The Balaban J connectivity index is 1.37. The molecular weight excluding hydrogens is 286 g/mol. The van der Waals surface area contributed by atoms with Crippen LogP contribution in [-0.2, 0) is 0 Å². The van der Waals surface area contributed by atoms with Crippen LogP contribution in [0.1, 0.15) is 56.7 Å². The van der Waals surface area contributed by atoms with E-state index in [1.54, 1.807) is 0 Å². The van der Waals surface area contributed by atoms with Gasteiger partial charge >= 0.3 is 0 Å². The maximum atomic E-state index is 10.7. The number of para-hydroxylation sites is 2. The Morgan fingerprint density at radius 3 is 2.61 bits per heavy atom. The molecule has 23 heavy (non-hydrogen) atoms. The number of likely N-dealkylation sites (tertiary alicyclic amines) is 1. The fourth-order valence-corrected chi connectivity index (χ4v) is 4.31. The van der Waals surface area contributed by atoms with Crippen LogP contribution in [-0.4, -0.2) is 45.2 Å². The predicted molar refractivity (Wildman–Crippen MR) is 92.5 cm³/mol. The number of rotatable bonds is 3. The lowest BCUT2D eigenvalue weighted by Crippen LogP contribution is -2.47. The molecule has 0 bridgehead atoms. The van der Waals surface area contributed by atoms with E-state index in [4.69, 9.17) is 4.98 Å². The van der Waals surface area contributed by atoms with E-state index in [1.807, 2.05) is 6.07 Å². The van der Waals surface area contributed by atoms with Crippen molar-refractivity contribution >= 4 is 11.0 Å². The largest absolute Gasteiger partial charge is 0.389 e. The second kappa shape index (κ2) is 6.25. The van der Waals surface area contributed by atoms with Gasteiger partial charge in [0.2, 0.25) is 0 Å². The fourth-order valence-electron chi connectivity index (χ4n) is 4.31. The van der Waals surface area contributed by atoms with Gasteiger partial charge in [-0.25, -0.2) is 4.98 Å². The molecule has 1 aliphatic heterocycles. The molecule has 4 nitrogen and oxygen atoms in total. The number of aromatic nitrogens is 2. The van der Waals surface area contributed by atoms with Crippen molar-refractivity contribution in [2.24, 2.45) is 0 Å². The molecule has 2 N–H and O–H groups in total. The topological polar surface area (TPSA) is 52.1 Å². The molecule has 4 heteroatoms. The molecule has 0 radical (unpaired) electrons. The normalized spacial score (nSPS) is 23.3. The van der Waals surface area contributed by atoms with Gasteiger partial charge in [-0.2, -0.15) is 0 Å². The van der Waals surface area contributed by atoms with Gasteiger partial charge in [0.25, 0.3) is 0 Å². The van der Waals surface area contributed by atoms with Crippen LogP contribution >= 0.6 is 0 Å². The summed E-state index contributed by atoms with van der Waals surface area (Å²) in [6, 6.07) is 8.26. The summed E-state index contributed by atoms with van der Waals surface area (Å²) in [4.78, 5) is 10.7. The average molecular weight is 313 g/mol. The lowest BCUT2D eigenvalue weighted by atomic mass is 9.84. The summed E-state index contributed by atoms with van der Waals surface area (Å²) in [6.07, 6.45) is 7.90. The lowest BCUT2D eigenvalue weighted by molar-refractivity contribution is -0.0308. The minimum Gasteiger partial charge on any atom is -0.389 e. The number of H-pyrrole nitrogens is 1. The first-order valence-corrected chi connectivity index (χ1v) is 9.11. The first-order valence-electron chi connectivity index (χ1n) is 9.11. The van der Waals surface area contributed by atoms with Crippen LogP contribution in [0.15, 0.2) is 24.3 Å². The maximum absolute atomic E-state index is 10.7. The number of aliphatic hydroxyl groups is 1. The van der Waals surface area contributed by atoms with Crippen LogP contribution in [0.5, 0.6) is 0 Å². The molecular formula is C19H27N3O. The third-order valence-corrected chi connectivity index (χ3v) is 5.68. The van der Waals surface area contributed by atoms with E-state index in [1.165, 1.54) is 19.3 Å². The third kappa shape index (κ3) is 3.29. The summed E-state index contributed by atoms with van der Waals surface area (Å²) in [6.45, 7) is 3.01. The molecule has 1 aliphatic carbocycles. The SMILES string of the molecule is OC1(CN2CCC(c3nc4ccccc4[nH]3)CC2)CCCCC1. The number of fused-ring (bicyclic) bond motifs is 1. The smallest absolute Gasteiger partial charge is 0.110 e. The van der Waals surface area contributed by atoms with E-state index in [9.17, 15) is 5.11 Å². The third-order valence-electron chi connectivity index (χ3n) is 5.68. The fraction of sp³-hybridized carbons (Fsp3) is 0.632. The Morgan fingerprint density at radius 2 is 1.87 bits per heavy atom. The van der Waals surface area contributed by atoms with Gasteiger partial charge in [0, 0.05) is 12.5 Å². The highest BCUT2D eigenvalue weighted by Crippen LogP contribution is 2.32. The number of β-amino-alcohol motifs (C(OH)–C–C–N with tert-alkyl or cyclic N) is 1. The van der Waals surface area contributed by atoms with Gasteiger partial charge < -0.3 is 15.0 Å². The average Bonchev–Trinajstić information content (AvgIpc) is 3.00. The number of aromatic amines is 1. The van der Waals surface area contributed by atoms with Crippen LogP contribution in [0.2, 0.25) is 0 Å². The quantitative estimate of drug-likeness (QED) is 0.912. The highest BCUT2D eigenvalue weighted by atomic mass is 16.3. The minimum atomic E-state index is -0.426. The Kier molecular flexibility index (Phi) is 4.12. The molecule has 0 atom stereocenters. The van der Waals surface area contributed by atoms with E-state index >= 15 is 0 Å². The van der Waals surface area contributed by atoms with E-state index in [0.717, 1.165) is 62.2 Å². The van der Waals surface area contributed by atoms with Crippen molar-refractivity contribution in [2.75, 3.05) is 19.6 Å². The molecule has 2 fully saturated rings.